The highest BCUT2D eigenvalue weighted by molar-refractivity contribution is 9.10. The summed E-state index contributed by atoms with van der Waals surface area (Å²) >= 11 is 9.85. The van der Waals surface area contributed by atoms with Gasteiger partial charge in [-0.2, -0.15) is 10.1 Å². The van der Waals surface area contributed by atoms with Crippen LogP contribution in [0.4, 0.5) is 0 Å². The minimum atomic E-state index is -0.119. The second-order valence-electron chi connectivity index (χ2n) is 4.37. The summed E-state index contributed by atoms with van der Waals surface area (Å²) in [4.78, 5) is 11.7. The first-order valence-corrected chi connectivity index (χ1v) is 8.99. The summed E-state index contributed by atoms with van der Waals surface area (Å²) in [5.41, 5.74) is 0.763. The maximum Gasteiger partial charge on any atom is 0.259 e. The number of carbonyl (C=O) groups excluding carboxylic acids is 1. The molecule has 1 saturated heterocycles. The third kappa shape index (κ3) is 4.55. The van der Waals surface area contributed by atoms with Gasteiger partial charge < -0.3 is 9.47 Å². The molecule has 1 amide bonds. The number of halogens is 1. The number of carbonyl (C=O) groups is 1. The minimum Gasteiger partial charge on any atom is -0.490 e. The number of benzene rings is 1. The van der Waals surface area contributed by atoms with E-state index in [0.29, 0.717) is 34.8 Å². The molecule has 5 nitrogen and oxygen atoms in total. The number of thioether (sulfide) groups is 1. The fourth-order valence-corrected chi connectivity index (χ4v) is 3.33. The Kier molecular flexibility index (Phi) is 6.61. The molecular weight excluding hydrogens is 400 g/mol. The third-order valence-corrected chi connectivity index (χ3v) is 4.65. The normalized spacial score (nSPS) is 14.6. The van der Waals surface area contributed by atoms with Crippen LogP contribution in [-0.4, -0.2) is 40.4 Å². The molecular formula is C15H15BrN2O3S2. The van der Waals surface area contributed by atoms with Crippen molar-refractivity contribution in [1.82, 2.24) is 5.01 Å². The van der Waals surface area contributed by atoms with Gasteiger partial charge in [0.2, 0.25) is 0 Å². The van der Waals surface area contributed by atoms with E-state index in [1.54, 1.807) is 18.4 Å². The van der Waals surface area contributed by atoms with Gasteiger partial charge in [-0.15, -0.1) is 0 Å². The highest BCUT2D eigenvalue weighted by Crippen LogP contribution is 2.36. The molecule has 1 aromatic rings. The lowest BCUT2D eigenvalue weighted by molar-refractivity contribution is -0.123. The molecule has 0 atom stereocenters. The fourth-order valence-electron chi connectivity index (χ4n) is 1.79. The summed E-state index contributed by atoms with van der Waals surface area (Å²) in [7, 11) is 0. The Bertz CT molecular complexity index is 648. The van der Waals surface area contributed by atoms with Gasteiger partial charge >= 0.3 is 0 Å². The average Bonchev–Trinajstić information content (AvgIpc) is 2.83. The van der Waals surface area contributed by atoms with E-state index in [9.17, 15) is 4.79 Å². The lowest BCUT2D eigenvalue weighted by Gasteiger charge is -2.14. The number of amides is 1. The third-order valence-electron chi connectivity index (χ3n) is 2.73. The predicted molar refractivity (Wildman–Crippen MR) is 100 cm³/mol. The van der Waals surface area contributed by atoms with Crippen LogP contribution in [0.5, 0.6) is 11.5 Å². The van der Waals surface area contributed by atoms with Crippen LogP contribution in [-0.2, 0) is 4.79 Å². The van der Waals surface area contributed by atoms with Crippen molar-refractivity contribution in [2.75, 3.05) is 19.0 Å². The van der Waals surface area contributed by atoms with Crippen LogP contribution in [0.15, 0.2) is 34.4 Å². The standard InChI is InChI=1S/C15H15BrN2O3S2/c1-3-5-21-14-11(16)6-10(7-12(14)20-4-2)8-17-18-13(19)9-23-15(18)22/h3,6-8H,1,4-5,9H2,2H3/b17-8+. The first-order chi connectivity index (χ1) is 11.1. The van der Waals surface area contributed by atoms with Crippen molar-refractivity contribution in [2.45, 2.75) is 6.92 Å². The second kappa shape index (κ2) is 8.47. The molecule has 23 heavy (non-hydrogen) atoms. The van der Waals surface area contributed by atoms with E-state index in [1.807, 2.05) is 13.0 Å². The first kappa shape index (κ1) is 18.0. The van der Waals surface area contributed by atoms with Crippen LogP contribution in [0, 0.1) is 0 Å². The molecule has 122 valence electrons. The Balaban J connectivity index is 2.27. The quantitative estimate of drug-likeness (QED) is 0.387. The van der Waals surface area contributed by atoms with Gasteiger partial charge in [-0.1, -0.05) is 36.6 Å². The Morgan fingerprint density at radius 1 is 1.52 bits per heavy atom. The molecule has 1 fully saturated rings. The van der Waals surface area contributed by atoms with Crippen molar-refractivity contribution in [2.24, 2.45) is 5.10 Å². The highest BCUT2D eigenvalue weighted by atomic mass is 79.9. The molecule has 0 aromatic heterocycles. The molecule has 0 radical (unpaired) electrons. The molecule has 2 rings (SSSR count). The van der Waals surface area contributed by atoms with E-state index >= 15 is 0 Å². The van der Waals surface area contributed by atoms with Crippen LogP contribution in [0.25, 0.3) is 0 Å². The van der Waals surface area contributed by atoms with Crippen molar-refractivity contribution < 1.29 is 14.3 Å². The minimum absolute atomic E-state index is 0.119. The topological polar surface area (TPSA) is 51.1 Å². The van der Waals surface area contributed by atoms with E-state index in [4.69, 9.17) is 21.7 Å². The highest BCUT2D eigenvalue weighted by Gasteiger charge is 2.26. The molecule has 0 unspecified atom stereocenters. The van der Waals surface area contributed by atoms with Crippen molar-refractivity contribution in [3.63, 3.8) is 0 Å². The average molecular weight is 415 g/mol. The van der Waals surface area contributed by atoms with Crippen LogP contribution in [0.3, 0.4) is 0 Å². The Hall–Kier alpha value is -1.38. The molecule has 1 aromatic carbocycles. The van der Waals surface area contributed by atoms with Gasteiger partial charge in [0.15, 0.2) is 15.8 Å². The van der Waals surface area contributed by atoms with E-state index in [0.717, 1.165) is 10.0 Å². The Labute approximate surface area is 152 Å². The Morgan fingerprint density at radius 3 is 2.91 bits per heavy atom. The van der Waals surface area contributed by atoms with Crippen LogP contribution in [0.2, 0.25) is 0 Å². The second-order valence-corrected chi connectivity index (χ2v) is 6.83. The molecule has 0 saturated carbocycles. The monoisotopic (exact) mass is 414 g/mol. The summed E-state index contributed by atoms with van der Waals surface area (Å²) in [5.74, 6) is 1.41. The molecule has 0 aliphatic carbocycles. The summed E-state index contributed by atoms with van der Waals surface area (Å²) in [5, 5.41) is 5.39. The van der Waals surface area contributed by atoms with Crippen molar-refractivity contribution in [1.29, 1.82) is 0 Å². The molecule has 0 bridgehead atoms. The largest absolute Gasteiger partial charge is 0.490 e. The summed E-state index contributed by atoms with van der Waals surface area (Å²) in [6.45, 7) is 6.40. The molecule has 1 heterocycles. The number of hydrazone groups is 1. The Morgan fingerprint density at radius 2 is 2.30 bits per heavy atom. The fraction of sp³-hybridized carbons (Fsp3) is 0.267. The molecule has 0 N–H and O–H groups in total. The summed E-state index contributed by atoms with van der Waals surface area (Å²) < 4.78 is 12.4. The lowest BCUT2D eigenvalue weighted by Crippen LogP contribution is -2.22. The van der Waals surface area contributed by atoms with Gasteiger partial charge in [-0.3, -0.25) is 4.79 Å². The van der Waals surface area contributed by atoms with Crippen LogP contribution in [0.1, 0.15) is 12.5 Å². The maximum absolute atomic E-state index is 11.7. The van der Waals surface area contributed by atoms with E-state index in [2.05, 4.69) is 27.6 Å². The number of ether oxygens (including phenoxy) is 2. The van der Waals surface area contributed by atoms with Crippen molar-refractivity contribution in [3.05, 3.63) is 34.8 Å². The summed E-state index contributed by atoms with van der Waals surface area (Å²) in [6.07, 6.45) is 3.23. The zero-order chi connectivity index (χ0) is 16.8. The van der Waals surface area contributed by atoms with Gasteiger partial charge in [-0.25, -0.2) is 0 Å². The number of rotatable bonds is 7. The zero-order valence-corrected chi connectivity index (χ0v) is 15.7. The van der Waals surface area contributed by atoms with Gasteiger partial charge in [-0.05, 0) is 40.5 Å². The molecule has 0 spiro atoms. The zero-order valence-electron chi connectivity index (χ0n) is 12.5. The van der Waals surface area contributed by atoms with Crippen LogP contribution >= 0.6 is 39.9 Å². The molecule has 1 aliphatic heterocycles. The van der Waals surface area contributed by atoms with E-state index < -0.39 is 0 Å². The molecule has 8 heteroatoms. The predicted octanol–water partition coefficient (Wildman–Crippen LogP) is 3.61. The van der Waals surface area contributed by atoms with E-state index in [-0.39, 0.29) is 5.91 Å². The smallest absolute Gasteiger partial charge is 0.259 e. The van der Waals surface area contributed by atoms with Gasteiger partial charge in [0, 0.05) is 0 Å². The first-order valence-electron chi connectivity index (χ1n) is 6.80. The maximum atomic E-state index is 11.7. The lowest BCUT2D eigenvalue weighted by atomic mass is 10.2. The number of nitrogens with zero attached hydrogens (tertiary/aromatic N) is 2. The van der Waals surface area contributed by atoms with Gasteiger partial charge in [0.1, 0.15) is 6.61 Å². The summed E-state index contributed by atoms with van der Waals surface area (Å²) in [6, 6.07) is 3.63. The SMILES string of the molecule is C=CCOc1c(Br)cc(/C=N/N2C(=O)CSC2=S)cc1OCC. The number of hydrogen-bond donors (Lipinski definition) is 0. The van der Waals surface area contributed by atoms with Gasteiger partial charge in [0.05, 0.1) is 23.0 Å². The van der Waals surface area contributed by atoms with Crippen molar-refractivity contribution in [3.8, 4) is 11.5 Å². The van der Waals surface area contributed by atoms with Crippen LogP contribution < -0.4 is 9.47 Å². The number of thiocarbonyl (C=S) groups is 1. The van der Waals surface area contributed by atoms with Crippen molar-refractivity contribution >= 4 is 56.4 Å². The molecule has 1 aliphatic rings. The van der Waals surface area contributed by atoms with E-state index in [1.165, 1.54) is 16.8 Å². The number of hydrogen-bond acceptors (Lipinski definition) is 6. The van der Waals surface area contributed by atoms with Gasteiger partial charge in [0.25, 0.3) is 5.91 Å².